The maximum atomic E-state index is 12.9. The second kappa shape index (κ2) is 5.09. The fourth-order valence-electron chi connectivity index (χ4n) is 4.49. The molecular formula is C19H21NO7. The Morgan fingerprint density at radius 3 is 2.63 bits per heavy atom. The average Bonchev–Trinajstić information content (AvgIpc) is 3.20. The topological polar surface area (TPSA) is 99.4 Å². The van der Waals surface area contributed by atoms with Gasteiger partial charge >= 0.3 is 5.97 Å². The summed E-state index contributed by atoms with van der Waals surface area (Å²) in [6.45, 7) is 3.58. The van der Waals surface area contributed by atoms with E-state index >= 15 is 0 Å². The number of aromatic nitrogens is 1. The van der Waals surface area contributed by atoms with Crippen molar-refractivity contribution in [2.75, 3.05) is 6.61 Å². The molecule has 0 spiro atoms. The molecule has 5 rings (SSSR count). The van der Waals surface area contributed by atoms with Crippen molar-refractivity contribution in [2.24, 2.45) is 7.05 Å². The first-order chi connectivity index (χ1) is 12.7. The van der Waals surface area contributed by atoms with Crippen LogP contribution in [0.25, 0.3) is 10.9 Å². The van der Waals surface area contributed by atoms with Gasteiger partial charge in [-0.05, 0) is 19.9 Å². The Bertz CT molecular complexity index is 966. The predicted molar refractivity (Wildman–Crippen MR) is 91.3 cm³/mol. The Balaban J connectivity index is 1.69. The summed E-state index contributed by atoms with van der Waals surface area (Å²) in [5.41, 5.74) is -0.603. The fraction of sp³-hybridized carbons (Fsp3) is 0.526. The lowest BCUT2D eigenvalue weighted by atomic mass is 9.80. The molecule has 4 atom stereocenters. The van der Waals surface area contributed by atoms with Crippen LogP contribution in [-0.2, 0) is 43.0 Å². The summed E-state index contributed by atoms with van der Waals surface area (Å²) in [6, 6.07) is 7.36. The number of carbonyl (C=O) groups excluding carboxylic acids is 1. The number of rotatable bonds is 1. The fourth-order valence-corrected chi connectivity index (χ4v) is 4.49. The summed E-state index contributed by atoms with van der Waals surface area (Å²) in [4.78, 5) is 12.9. The molecule has 2 fully saturated rings. The number of hydrogen-bond acceptors (Lipinski definition) is 7. The molecule has 0 radical (unpaired) electrons. The molecule has 27 heavy (non-hydrogen) atoms. The standard InChI is InChI=1S/C19H21NO7/c1-17(2)24-9-13(27-17)15-19(23)18(22,16(21)26-15)14-10-6-4-5-7-11(10)20(3)12(14)8-25-19/h4-7,13,15,22-23H,8-9H2,1-3H3/t13-,15+,18+,19+/m0/s1. The number of carbonyl (C=O) groups is 1. The largest absolute Gasteiger partial charge is 0.451 e. The van der Waals surface area contributed by atoms with Crippen LogP contribution in [0, 0.1) is 0 Å². The van der Waals surface area contributed by atoms with E-state index in [9.17, 15) is 15.0 Å². The third-order valence-electron chi connectivity index (χ3n) is 5.82. The number of ether oxygens (including phenoxy) is 4. The molecular weight excluding hydrogens is 354 g/mol. The smallest absolute Gasteiger partial charge is 0.349 e. The van der Waals surface area contributed by atoms with E-state index in [-0.39, 0.29) is 13.2 Å². The van der Waals surface area contributed by atoms with Crippen LogP contribution >= 0.6 is 0 Å². The zero-order valence-corrected chi connectivity index (χ0v) is 15.3. The van der Waals surface area contributed by atoms with Gasteiger partial charge in [0.25, 0.3) is 5.79 Å². The first-order valence-corrected chi connectivity index (χ1v) is 8.87. The second-order valence-electron chi connectivity index (χ2n) is 7.79. The minimum atomic E-state index is -2.36. The van der Waals surface area contributed by atoms with E-state index in [0.717, 1.165) is 5.52 Å². The Labute approximate surface area is 155 Å². The van der Waals surface area contributed by atoms with Gasteiger partial charge in [-0.1, -0.05) is 18.2 Å². The van der Waals surface area contributed by atoms with Crippen molar-refractivity contribution >= 4 is 16.9 Å². The average molecular weight is 375 g/mol. The molecule has 8 heteroatoms. The van der Waals surface area contributed by atoms with Crippen LogP contribution < -0.4 is 0 Å². The van der Waals surface area contributed by atoms with Gasteiger partial charge in [-0.15, -0.1) is 0 Å². The number of fused-ring (bicyclic) bond motifs is 5. The number of aryl methyl sites for hydroxylation is 1. The van der Waals surface area contributed by atoms with E-state index in [4.69, 9.17) is 18.9 Å². The van der Waals surface area contributed by atoms with Crippen LogP contribution in [-0.4, -0.2) is 51.1 Å². The van der Waals surface area contributed by atoms with Gasteiger partial charge in [0.15, 0.2) is 11.9 Å². The maximum absolute atomic E-state index is 12.9. The highest BCUT2D eigenvalue weighted by molar-refractivity contribution is 5.95. The van der Waals surface area contributed by atoms with Crippen molar-refractivity contribution in [1.29, 1.82) is 0 Å². The van der Waals surface area contributed by atoms with E-state index in [1.807, 2.05) is 29.8 Å². The summed E-state index contributed by atoms with van der Waals surface area (Å²) in [7, 11) is 1.83. The third-order valence-corrected chi connectivity index (χ3v) is 5.82. The summed E-state index contributed by atoms with van der Waals surface area (Å²) < 4.78 is 24.3. The second-order valence-corrected chi connectivity index (χ2v) is 7.79. The van der Waals surface area contributed by atoms with Crippen molar-refractivity contribution in [3.05, 3.63) is 35.5 Å². The quantitative estimate of drug-likeness (QED) is 0.707. The molecule has 0 unspecified atom stereocenters. The first-order valence-electron chi connectivity index (χ1n) is 8.87. The van der Waals surface area contributed by atoms with Crippen LogP contribution in [0.1, 0.15) is 25.1 Å². The lowest BCUT2D eigenvalue weighted by Gasteiger charge is -2.41. The number of benzene rings is 1. The highest BCUT2D eigenvalue weighted by atomic mass is 16.8. The minimum Gasteiger partial charge on any atom is -0.451 e. The molecule has 8 nitrogen and oxygen atoms in total. The van der Waals surface area contributed by atoms with Crippen molar-refractivity contribution in [3.63, 3.8) is 0 Å². The molecule has 0 bridgehead atoms. The van der Waals surface area contributed by atoms with Crippen LogP contribution in [0.2, 0.25) is 0 Å². The van der Waals surface area contributed by atoms with Gasteiger partial charge in [0.1, 0.15) is 6.10 Å². The van der Waals surface area contributed by atoms with Gasteiger partial charge in [-0.3, -0.25) is 0 Å². The molecule has 3 aliphatic rings. The lowest BCUT2D eigenvalue weighted by molar-refractivity contribution is -0.322. The Morgan fingerprint density at radius 1 is 1.19 bits per heavy atom. The Kier molecular flexibility index (Phi) is 3.23. The van der Waals surface area contributed by atoms with Crippen LogP contribution in [0.3, 0.4) is 0 Å². The molecule has 3 aliphatic heterocycles. The van der Waals surface area contributed by atoms with Crippen LogP contribution in [0.4, 0.5) is 0 Å². The zero-order chi connectivity index (χ0) is 19.2. The zero-order valence-electron chi connectivity index (χ0n) is 15.3. The maximum Gasteiger partial charge on any atom is 0.349 e. The Hall–Kier alpha value is -1.97. The molecule has 2 aromatic rings. The summed E-state index contributed by atoms with van der Waals surface area (Å²) in [5.74, 6) is -4.12. The van der Waals surface area contributed by atoms with Crippen LogP contribution in [0.15, 0.2) is 24.3 Å². The van der Waals surface area contributed by atoms with Crippen molar-refractivity contribution < 1.29 is 34.0 Å². The number of aliphatic hydroxyl groups is 2. The molecule has 0 saturated carbocycles. The number of nitrogens with zero attached hydrogens (tertiary/aromatic N) is 1. The Morgan fingerprint density at radius 2 is 1.93 bits per heavy atom. The van der Waals surface area contributed by atoms with Crippen molar-refractivity contribution in [1.82, 2.24) is 4.57 Å². The first kappa shape index (κ1) is 17.2. The molecule has 0 amide bonds. The number of para-hydroxylation sites is 1. The molecule has 2 saturated heterocycles. The SMILES string of the molecule is Cn1c2c(c3ccccc31)[C@@]1(O)C(=O)O[C@H]([C@@H]3COC(C)(C)O3)[C@@]1(O)OC2. The van der Waals surface area contributed by atoms with E-state index in [0.29, 0.717) is 16.6 Å². The summed E-state index contributed by atoms with van der Waals surface area (Å²) in [5, 5.41) is 23.6. The molecule has 0 aliphatic carbocycles. The molecule has 4 heterocycles. The van der Waals surface area contributed by atoms with Crippen molar-refractivity contribution in [2.45, 2.75) is 49.8 Å². The number of esters is 1. The minimum absolute atomic E-state index is 0.0173. The van der Waals surface area contributed by atoms with Gasteiger partial charge in [0.05, 0.1) is 18.9 Å². The van der Waals surface area contributed by atoms with Gasteiger partial charge in [-0.25, -0.2) is 4.79 Å². The van der Waals surface area contributed by atoms with E-state index in [2.05, 4.69) is 0 Å². The summed E-state index contributed by atoms with van der Waals surface area (Å²) >= 11 is 0. The van der Waals surface area contributed by atoms with E-state index < -0.39 is 35.4 Å². The van der Waals surface area contributed by atoms with Gasteiger partial charge < -0.3 is 33.7 Å². The number of hydrogen-bond donors (Lipinski definition) is 2. The molecule has 1 aromatic heterocycles. The van der Waals surface area contributed by atoms with Crippen LogP contribution in [0.5, 0.6) is 0 Å². The molecule has 2 N–H and O–H groups in total. The van der Waals surface area contributed by atoms with Gasteiger partial charge in [0, 0.05) is 23.5 Å². The molecule has 144 valence electrons. The van der Waals surface area contributed by atoms with Crippen molar-refractivity contribution in [3.8, 4) is 0 Å². The highest BCUT2D eigenvalue weighted by Crippen LogP contribution is 2.53. The number of cyclic esters (lactones) is 1. The highest BCUT2D eigenvalue weighted by Gasteiger charge is 2.75. The van der Waals surface area contributed by atoms with E-state index in [1.54, 1.807) is 19.9 Å². The third kappa shape index (κ3) is 1.97. The van der Waals surface area contributed by atoms with Gasteiger partial charge in [0.2, 0.25) is 5.60 Å². The summed E-state index contributed by atoms with van der Waals surface area (Å²) in [6.07, 6.45) is -1.98. The molecule has 1 aromatic carbocycles. The predicted octanol–water partition coefficient (Wildman–Crippen LogP) is 0.662. The lowest BCUT2D eigenvalue weighted by Crippen LogP contribution is -2.62. The normalized spacial score (nSPS) is 37.3. The monoisotopic (exact) mass is 375 g/mol. The van der Waals surface area contributed by atoms with Gasteiger partial charge in [-0.2, -0.15) is 0 Å². The van der Waals surface area contributed by atoms with E-state index in [1.165, 1.54) is 0 Å².